The Morgan fingerprint density at radius 2 is 2.04 bits per heavy atom. The Hall–Kier alpha value is -1.53. The number of nitrogens with one attached hydrogen (secondary N) is 2. The van der Waals surface area contributed by atoms with Crippen LogP contribution >= 0.6 is 0 Å². The maximum Gasteiger partial charge on any atom is 0.191 e. The van der Waals surface area contributed by atoms with Gasteiger partial charge < -0.3 is 20.0 Å². The molecule has 150 valence electrons. The van der Waals surface area contributed by atoms with Crippen LogP contribution in [0.25, 0.3) is 0 Å². The summed E-state index contributed by atoms with van der Waals surface area (Å²) in [6.45, 7) is 6.66. The maximum absolute atomic E-state index is 5.75. The lowest BCUT2D eigenvalue weighted by Crippen LogP contribution is -2.45. The highest BCUT2D eigenvalue weighted by molar-refractivity contribution is 5.79. The van der Waals surface area contributed by atoms with Crippen molar-refractivity contribution in [3.8, 4) is 0 Å². The van der Waals surface area contributed by atoms with Crippen LogP contribution in [0.15, 0.2) is 27.8 Å². The maximum atomic E-state index is 5.75. The zero-order chi connectivity index (χ0) is 18.5. The Labute approximate surface area is 163 Å². The third kappa shape index (κ3) is 5.05. The third-order valence-corrected chi connectivity index (χ3v) is 6.33. The van der Waals surface area contributed by atoms with E-state index in [1.165, 1.54) is 51.6 Å². The summed E-state index contributed by atoms with van der Waals surface area (Å²) in [4.78, 5) is 9.67. The monoisotopic (exact) mass is 373 g/mol. The van der Waals surface area contributed by atoms with Crippen molar-refractivity contribution in [1.29, 1.82) is 0 Å². The minimum absolute atomic E-state index is 0.274. The summed E-state index contributed by atoms with van der Waals surface area (Å²) in [7, 11) is 1.86. The van der Waals surface area contributed by atoms with Crippen LogP contribution in [0.5, 0.6) is 0 Å². The zero-order valence-corrected chi connectivity index (χ0v) is 16.7. The Morgan fingerprint density at radius 3 is 2.74 bits per heavy atom. The van der Waals surface area contributed by atoms with E-state index in [9.17, 15) is 0 Å². The van der Waals surface area contributed by atoms with E-state index in [2.05, 4.69) is 31.5 Å². The van der Waals surface area contributed by atoms with Gasteiger partial charge in [0, 0.05) is 32.7 Å². The fourth-order valence-electron chi connectivity index (χ4n) is 4.58. The lowest BCUT2D eigenvalue weighted by atomic mass is 10.1. The van der Waals surface area contributed by atoms with Crippen LogP contribution < -0.4 is 10.6 Å². The van der Waals surface area contributed by atoms with Gasteiger partial charge in [0.15, 0.2) is 5.96 Å². The van der Waals surface area contributed by atoms with Gasteiger partial charge >= 0.3 is 0 Å². The minimum atomic E-state index is 0.274. The van der Waals surface area contributed by atoms with Crippen molar-refractivity contribution in [2.24, 2.45) is 10.9 Å². The predicted molar refractivity (Wildman–Crippen MR) is 109 cm³/mol. The smallest absolute Gasteiger partial charge is 0.191 e. The van der Waals surface area contributed by atoms with E-state index in [0.717, 1.165) is 49.9 Å². The number of likely N-dealkylation sites (tertiary alicyclic amines) is 2. The van der Waals surface area contributed by atoms with Crippen LogP contribution in [0, 0.1) is 5.92 Å². The van der Waals surface area contributed by atoms with Crippen molar-refractivity contribution in [3.63, 3.8) is 0 Å². The number of piperidine rings is 1. The topological polar surface area (TPSA) is 56.0 Å². The van der Waals surface area contributed by atoms with Gasteiger partial charge in [-0.2, -0.15) is 0 Å². The van der Waals surface area contributed by atoms with Crippen molar-refractivity contribution in [2.75, 3.05) is 46.3 Å². The summed E-state index contributed by atoms with van der Waals surface area (Å²) in [5.41, 5.74) is 0. The van der Waals surface area contributed by atoms with Crippen LogP contribution in [0.3, 0.4) is 0 Å². The summed E-state index contributed by atoms with van der Waals surface area (Å²) >= 11 is 0. The standard InChI is InChI=1S/C21H35N5O/c1-22-21(23-14-17-9-12-26(16-17)18-7-8-18)24-15-19(20-6-5-13-27-20)25-10-3-2-4-11-25/h5-6,13,17-19H,2-4,7-12,14-16H2,1H3,(H2,22,23,24). The number of nitrogens with zero attached hydrogens (tertiary/aromatic N) is 3. The quantitative estimate of drug-likeness (QED) is 0.568. The van der Waals surface area contributed by atoms with Crippen LogP contribution in [0.2, 0.25) is 0 Å². The number of guanidine groups is 1. The lowest BCUT2D eigenvalue weighted by molar-refractivity contribution is 0.146. The van der Waals surface area contributed by atoms with E-state index in [-0.39, 0.29) is 6.04 Å². The van der Waals surface area contributed by atoms with Gasteiger partial charge in [-0.3, -0.25) is 9.89 Å². The van der Waals surface area contributed by atoms with Gasteiger partial charge in [-0.15, -0.1) is 0 Å². The highest BCUT2D eigenvalue weighted by Gasteiger charge is 2.34. The lowest BCUT2D eigenvalue weighted by Gasteiger charge is -2.33. The van der Waals surface area contributed by atoms with Gasteiger partial charge in [0.05, 0.1) is 12.3 Å². The minimum Gasteiger partial charge on any atom is -0.468 e. The van der Waals surface area contributed by atoms with Gasteiger partial charge in [0.1, 0.15) is 5.76 Å². The van der Waals surface area contributed by atoms with Gasteiger partial charge in [-0.1, -0.05) is 6.42 Å². The molecule has 3 heterocycles. The van der Waals surface area contributed by atoms with E-state index in [0.29, 0.717) is 0 Å². The van der Waals surface area contributed by atoms with Gasteiger partial charge in [-0.05, 0) is 69.8 Å². The Kier molecular flexibility index (Phi) is 6.35. The molecule has 6 heteroatoms. The summed E-state index contributed by atoms with van der Waals surface area (Å²) < 4.78 is 5.75. The number of hydrogen-bond donors (Lipinski definition) is 2. The zero-order valence-electron chi connectivity index (χ0n) is 16.7. The van der Waals surface area contributed by atoms with Crippen molar-refractivity contribution in [2.45, 2.75) is 50.6 Å². The van der Waals surface area contributed by atoms with E-state index in [4.69, 9.17) is 4.42 Å². The van der Waals surface area contributed by atoms with E-state index >= 15 is 0 Å². The second-order valence-corrected chi connectivity index (χ2v) is 8.34. The van der Waals surface area contributed by atoms with Gasteiger partial charge in [-0.25, -0.2) is 0 Å². The Morgan fingerprint density at radius 1 is 1.19 bits per heavy atom. The van der Waals surface area contributed by atoms with Crippen molar-refractivity contribution >= 4 is 5.96 Å². The first-order valence-electron chi connectivity index (χ1n) is 10.8. The highest BCUT2D eigenvalue weighted by atomic mass is 16.3. The molecular formula is C21H35N5O. The molecule has 2 saturated heterocycles. The molecule has 2 unspecified atom stereocenters. The van der Waals surface area contributed by atoms with Crippen LogP contribution in [-0.4, -0.2) is 68.1 Å². The van der Waals surface area contributed by atoms with E-state index in [1.54, 1.807) is 6.26 Å². The van der Waals surface area contributed by atoms with Crippen LogP contribution in [0.1, 0.15) is 50.3 Å². The molecule has 0 amide bonds. The fourth-order valence-corrected chi connectivity index (χ4v) is 4.58. The van der Waals surface area contributed by atoms with Crippen molar-refractivity contribution < 1.29 is 4.42 Å². The molecule has 1 saturated carbocycles. The molecule has 2 N–H and O–H groups in total. The third-order valence-electron chi connectivity index (χ3n) is 6.33. The molecule has 27 heavy (non-hydrogen) atoms. The first-order valence-corrected chi connectivity index (χ1v) is 10.8. The number of furan rings is 1. The molecule has 6 nitrogen and oxygen atoms in total. The van der Waals surface area contributed by atoms with Crippen molar-refractivity contribution in [1.82, 2.24) is 20.4 Å². The molecule has 1 aromatic rings. The highest BCUT2D eigenvalue weighted by Crippen LogP contribution is 2.31. The molecule has 1 aromatic heterocycles. The predicted octanol–water partition coefficient (Wildman–Crippen LogP) is 2.46. The van der Waals surface area contributed by atoms with E-state index < -0.39 is 0 Å². The largest absolute Gasteiger partial charge is 0.468 e. The van der Waals surface area contributed by atoms with Gasteiger partial charge in [0.25, 0.3) is 0 Å². The van der Waals surface area contributed by atoms with Crippen molar-refractivity contribution in [3.05, 3.63) is 24.2 Å². The summed E-state index contributed by atoms with van der Waals surface area (Å²) in [6.07, 6.45) is 9.82. The molecule has 1 aliphatic carbocycles. The average Bonchev–Trinajstić information content (AvgIpc) is 3.21. The number of rotatable bonds is 7. The first-order chi connectivity index (χ1) is 13.3. The normalized spacial score (nSPS) is 26.3. The molecule has 2 atom stereocenters. The second-order valence-electron chi connectivity index (χ2n) is 8.34. The summed E-state index contributed by atoms with van der Waals surface area (Å²) in [5.74, 6) is 2.70. The average molecular weight is 374 g/mol. The molecule has 0 aromatic carbocycles. The molecule has 3 aliphatic rings. The Balaban J connectivity index is 1.26. The molecule has 0 radical (unpaired) electrons. The van der Waals surface area contributed by atoms with E-state index in [1.807, 2.05) is 13.1 Å². The molecule has 2 aliphatic heterocycles. The second kappa shape index (κ2) is 9.11. The van der Waals surface area contributed by atoms with Crippen LogP contribution in [-0.2, 0) is 0 Å². The number of hydrogen-bond acceptors (Lipinski definition) is 4. The fraction of sp³-hybridized carbons (Fsp3) is 0.762. The Bertz CT molecular complexity index is 592. The van der Waals surface area contributed by atoms with Gasteiger partial charge in [0.2, 0.25) is 0 Å². The molecule has 3 fully saturated rings. The van der Waals surface area contributed by atoms with Crippen LogP contribution in [0.4, 0.5) is 0 Å². The SMILES string of the molecule is CN=C(NCC1CCN(C2CC2)C1)NCC(c1ccco1)N1CCCCC1. The first kappa shape index (κ1) is 18.8. The molecule has 4 rings (SSSR count). The molecular weight excluding hydrogens is 338 g/mol. The summed E-state index contributed by atoms with van der Waals surface area (Å²) in [6, 6.07) is 5.26. The number of aliphatic imine (C=N–C) groups is 1. The molecule has 0 spiro atoms. The molecule has 0 bridgehead atoms. The summed E-state index contributed by atoms with van der Waals surface area (Å²) in [5, 5.41) is 7.11.